The van der Waals surface area contributed by atoms with Crippen LogP contribution in [0.25, 0.3) is 0 Å². The van der Waals surface area contributed by atoms with E-state index < -0.39 is 15.9 Å². The second-order valence-corrected chi connectivity index (χ2v) is 9.70. The van der Waals surface area contributed by atoms with E-state index >= 15 is 0 Å². The second kappa shape index (κ2) is 8.92. The third-order valence-electron chi connectivity index (χ3n) is 4.94. The molecule has 1 aliphatic rings. The van der Waals surface area contributed by atoms with Gasteiger partial charge in [-0.1, -0.05) is 29.3 Å². The Kier molecular flexibility index (Phi) is 6.73. The van der Waals surface area contributed by atoms with E-state index in [0.29, 0.717) is 35.1 Å². The fourth-order valence-electron chi connectivity index (χ4n) is 3.28. The van der Waals surface area contributed by atoms with Gasteiger partial charge in [0.1, 0.15) is 10.6 Å². The van der Waals surface area contributed by atoms with Gasteiger partial charge >= 0.3 is 0 Å². The Morgan fingerprint density at radius 1 is 1.21 bits per heavy atom. The summed E-state index contributed by atoms with van der Waals surface area (Å²) in [5, 5.41) is 3.69. The highest BCUT2D eigenvalue weighted by molar-refractivity contribution is 7.89. The molecule has 29 heavy (non-hydrogen) atoms. The second-order valence-electron chi connectivity index (χ2n) is 6.95. The number of sulfonamides is 1. The van der Waals surface area contributed by atoms with E-state index in [9.17, 15) is 13.2 Å². The average Bonchev–Trinajstić information content (AvgIpc) is 2.70. The number of anilines is 1. The molecule has 1 atom stereocenters. The van der Waals surface area contributed by atoms with E-state index in [4.69, 9.17) is 27.9 Å². The number of aryl methyl sites for hydroxylation is 1. The fraction of sp³-hybridized carbons (Fsp3) is 0.350. The van der Waals surface area contributed by atoms with Gasteiger partial charge in [-0.15, -0.1) is 0 Å². The predicted molar refractivity (Wildman–Crippen MR) is 114 cm³/mol. The van der Waals surface area contributed by atoms with Crippen LogP contribution in [0.2, 0.25) is 10.0 Å². The number of hydrogen-bond acceptors (Lipinski definition) is 4. The highest BCUT2D eigenvalue weighted by Crippen LogP contribution is 2.32. The van der Waals surface area contributed by atoms with Crippen LogP contribution in [-0.4, -0.2) is 38.8 Å². The summed E-state index contributed by atoms with van der Waals surface area (Å²) in [6, 6.07) is 9.73. The van der Waals surface area contributed by atoms with Crippen LogP contribution in [0.3, 0.4) is 0 Å². The third kappa shape index (κ3) is 4.86. The fourth-order valence-corrected chi connectivity index (χ4v) is 5.40. The normalized spacial score (nSPS) is 17.7. The molecule has 0 radical (unpaired) electrons. The Morgan fingerprint density at radius 2 is 1.97 bits per heavy atom. The summed E-state index contributed by atoms with van der Waals surface area (Å²) in [5.74, 6) is -0.484. The number of hydrogen-bond donors (Lipinski definition) is 1. The molecule has 156 valence electrons. The predicted octanol–water partition coefficient (Wildman–Crippen LogP) is 4.35. The summed E-state index contributed by atoms with van der Waals surface area (Å²) in [6.45, 7) is 2.30. The largest absolute Gasteiger partial charge is 0.495 e. The summed E-state index contributed by atoms with van der Waals surface area (Å²) in [7, 11) is -2.45. The number of piperidine rings is 1. The number of carbonyl (C=O) groups excluding carboxylic acids is 1. The van der Waals surface area contributed by atoms with Crippen LogP contribution in [0.5, 0.6) is 5.75 Å². The zero-order valence-electron chi connectivity index (χ0n) is 16.1. The van der Waals surface area contributed by atoms with Gasteiger partial charge in [-0.3, -0.25) is 4.79 Å². The van der Waals surface area contributed by atoms with E-state index in [1.807, 2.05) is 13.0 Å². The maximum atomic E-state index is 13.2. The summed E-state index contributed by atoms with van der Waals surface area (Å²) in [6.07, 6.45) is 1.18. The lowest BCUT2D eigenvalue weighted by molar-refractivity contribution is -0.120. The Hall–Kier alpha value is -1.80. The van der Waals surface area contributed by atoms with Crippen molar-refractivity contribution in [1.29, 1.82) is 0 Å². The Morgan fingerprint density at radius 3 is 2.66 bits per heavy atom. The van der Waals surface area contributed by atoms with Crippen molar-refractivity contribution in [2.24, 2.45) is 5.92 Å². The molecule has 1 heterocycles. The first-order chi connectivity index (χ1) is 13.7. The van der Waals surface area contributed by atoms with Crippen LogP contribution in [-0.2, 0) is 14.8 Å². The smallest absolute Gasteiger partial charge is 0.246 e. The quantitative estimate of drug-likeness (QED) is 0.725. The molecule has 6 nitrogen and oxygen atoms in total. The van der Waals surface area contributed by atoms with Gasteiger partial charge in [-0.25, -0.2) is 8.42 Å². The van der Waals surface area contributed by atoms with E-state index in [2.05, 4.69) is 5.32 Å². The zero-order valence-corrected chi connectivity index (χ0v) is 18.4. The van der Waals surface area contributed by atoms with Crippen LogP contribution >= 0.6 is 23.2 Å². The van der Waals surface area contributed by atoms with E-state index in [-0.39, 0.29) is 23.1 Å². The van der Waals surface area contributed by atoms with Crippen molar-refractivity contribution in [3.63, 3.8) is 0 Å². The van der Waals surface area contributed by atoms with Crippen molar-refractivity contribution >= 4 is 44.8 Å². The molecule has 0 aliphatic carbocycles. The van der Waals surface area contributed by atoms with Crippen molar-refractivity contribution in [2.45, 2.75) is 24.7 Å². The van der Waals surface area contributed by atoms with E-state index in [0.717, 1.165) is 5.56 Å². The number of nitrogens with one attached hydrogen (secondary N) is 1. The summed E-state index contributed by atoms with van der Waals surface area (Å²) >= 11 is 12.1. The lowest BCUT2D eigenvalue weighted by Gasteiger charge is -2.31. The van der Waals surface area contributed by atoms with Gasteiger partial charge < -0.3 is 10.1 Å². The number of nitrogens with zero attached hydrogens (tertiary/aromatic N) is 1. The molecule has 1 fully saturated rings. The first-order valence-electron chi connectivity index (χ1n) is 9.13. The molecule has 1 amide bonds. The topological polar surface area (TPSA) is 75.7 Å². The molecule has 2 aromatic rings. The van der Waals surface area contributed by atoms with Crippen LogP contribution in [0.1, 0.15) is 18.4 Å². The number of carbonyl (C=O) groups is 1. The molecule has 3 rings (SSSR count). The molecule has 0 unspecified atom stereocenters. The maximum absolute atomic E-state index is 13.2. The molecule has 0 saturated carbocycles. The molecule has 1 saturated heterocycles. The maximum Gasteiger partial charge on any atom is 0.246 e. The molecule has 0 bridgehead atoms. The monoisotopic (exact) mass is 456 g/mol. The van der Waals surface area contributed by atoms with Crippen LogP contribution in [0.15, 0.2) is 41.3 Å². The number of methoxy groups -OCH3 is 1. The molecular formula is C20H22Cl2N2O4S. The average molecular weight is 457 g/mol. The molecule has 2 aromatic carbocycles. The van der Waals surface area contributed by atoms with Gasteiger partial charge in [0.15, 0.2) is 0 Å². The lowest BCUT2D eigenvalue weighted by atomic mass is 9.98. The van der Waals surface area contributed by atoms with Crippen molar-refractivity contribution < 1.29 is 17.9 Å². The van der Waals surface area contributed by atoms with Gasteiger partial charge in [0.25, 0.3) is 0 Å². The minimum atomic E-state index is -3.86. The van der Waals surface area contributed by atoms with Crippen molar-refractivity contribution in [2.75, 3.05) is 25.5 Å². The SMILES string of the molecule is COc1ccc(Cl)cc1S(=O)(=O)N1CCC[C@@H](C(=O)Nc2ccc(C)c(Cl)c2)C1. The summed E-state index contributed by atoms with van der Waals surface area (Å²) in [5.41, 5.74) is 1.50. The van der Waals surface area contributed by atoms with Crippen LogP contribution in [0.4, 0.5) is 5.69 Å². The molecule has 9 heteroatoms. The van der Waals surface area contributed by atoms with Crippen molar-refractivity contribution in [3.05, 3.63) is 52.0 Å². The number of halogens is 2. The van der Waals surface area contributed by atoms with Crippen LogP contribution in [0, 0.1) is 12.8 Å². The highest BCUT2D eigenvalue weighted by Gasteiger charge is 2.35. The van der Waals surface area contributed by atoms with Gasteiger partial charge in [0, 0.05) is 28.8 Å². The summed E-state index contributed by atoms with van der Waals surface area (Å²) < 4.78 is 32.8. The van der Waals surface area contributed by atoms with Crippen LogP contribution < -0.4 is 10.1 Å². The first kappa shape index (κ1) is 21.9. The number of ether oxygens (including phenoxy) is 1. The van der Waals surface area contributed by atoms with E-state index in [1.165, 1.54) is 23.5 Å². The first-order valence-corrected chi connectivity index (χ1v) is 11.3. The third-order valence-corrected chi connectivity index (χ3v) is 7.47. The summed E-state index contributed by atoms with van der Waals surface area (Å²) in [4.78, 5) is 12.7. The number of amides is 1. The van der Waals surface area contributed by atoms with Crippen molar-refractivity contribution in [3.8, 4) is 5.75 Å². The van der Waals surface area contributed by atoms with Gasteiger partial charge in [0.2, 0.25) is 15.9 Å². The molecule has 0 spiro atoms. The van der Waals surface area contributed by atoms with E-state index in [1.54, 1.807) is 18.2 Å². The minimum absolute atomic E-state index is 0.00104. The Balaban J connectivity index is 1.78. The lowest BCUT2D eigenvalue weighted by Crippen LogP contribution is -2.43. The van der Waals surface area contributed by atoms with Gasteiger partial charge in [0.05, 0.1) is 13.0 Å². The minimum Gasteiger partial charge on any atom is -0.495 e. The number of benzene rings is 2. The molecule has 1 aliphatic heterocycles. The number of rotatable bonds is 5. The molecular weight excluding hydrogens is 435 g/mol. The van der Waals surface area contributed by atoms with Gasteiger partial charge in [-0.05, 0) is 55.7 Å². The Bertz CT molecular complexity index is 1030. The molecule has 1 N–H and O–H groups in total. The molecule has 0 aromatic heterocycles. The zero-order chi connectivity index (χ0) is 21.2. The van der Waals surface area contributed by atoms with Gasteiger partial charge in [-0.2, -0.15) is 4.31 Å². The standard InChI is InChI=1S/C20H22Cl2N2O4S/c1-13-5-7-16(11-17(13)22)23-20(25)14-4-3-9-24(12-14)29(26,27)19-10-15(21)6-8-18(19)28-2/h5-8,10-11,14H,3-4,9,12H2,1-2H3,(H,23,25)/t14-/m1/s1. The highest BCUT2D eigenvalue weighted by atomic mass is 35.5. The van der Waals surface area contributed by atoms with Crippen molar-refractivity contribution in [1.82, 2.24) is 4.31 Å². The Labute approximate surface area is 180 Å².